The van der Waals surface area contributed by atoms with Gasteiger partial charge in [0.1, 0.15) is 0 Å². The lowest BCUT2D eigenvalue weighted by Crippen LogP contribution is -2.39. The molecule has 1 saturated heterocycles. The van der Waals surface area contributed by atoms with Crippen LogP contribution < -0.4 is 5.32 Å². The van der Waals surface area contributed by atoms with E-state index in [9.17, 15) is 9.90 Å². The summed E-state index contributed by atoms with van der Waals surface area (Å²) in [6.45, 7) is 2.21. The minimum absolute atomic E-state index is 0.0186. The highest BCUT2D eigenvalue weighted by Gasteiger charge is 2.34. The molecule has 0 spiro atoms. The maximum Gasteiger partial charge on any atom is 0.276 e. The Bertz CT molecular complexity index is 1410. The van der Waals surface area contributed by atoms with E-state index in [2.05, 4.69) is 58.7 Å². The highest BCUT2D eigenvalue weighted by atomic mass is 35.6. The van der Waals surface area contributed by atoms with Crippen LogP contribution in [-0.2, 0) is 34.0 Å². The average Bonchev–Trinajstić information content (AvgIpc) is 3.02. The van der Waals surface area contributed by atoms with E-state index in [1.165, 1.54) is 11.1 Å². The zero-order valence-corrected chi connectivity index (χ0v) is 25.7. The van der Waals surface area contributed by atoms with Crippen molar-refractivity contribution < 1.29 is 19.4 Å². The van der Waals surface area contributed by atoms with Crippen LogP contribution in [-0.4, -0.2) is 32.4 Å². The summed E-state index contributed by atoms with van der Waals surface area (Å²) in [6, 6.07) is 35.8. The molecule has 4 aromatic carbocycles. The van der Waals surface area contributed by atoms with Gasteiger partial charge in [0.25, 0.3) is 9.70 Å². The summed E-state index contributed by atoms with van der Waals surface area (Å²) in [7, 11) is 0. The minimum atomic E-state index is -2.06. The molecule has 1 aliphatic heterocycles. The third kappa shape index (κ3) is 9.03. The number of alkyl halides is 3. The Labute approximate surface area is 267 Å². The van der Waals surface area contributed by atoms with Crippen LogP contribution in [0.25, 0.3) is 0 Å². The Morgan fingerprint density at radius 1 is 0.767 bits per heavy atom. The molecule has 5 rings (SSSR count). The van der Waals surface area contributed by atoms with Crippen molar-refractivity contribution in [1.29, 1.82) is 0 Å². The molecule has 1 aliphatic rings. The third-order valence-corrected chi connectivity index (χ3v) is 7.79. The van der Waals surface area contributed by atoms with Crippen LogP contribution in [0.2, 0.25) is 0 Å². The fourth-order valence-electron chi connectivity index (χ4n) is 5.11. The van der Waals surface area contributed by atoms with Crippen LogP contribution in [0, 0.1) is 0 Å². The van der Waals surface area contributed by atoms with Crippen molar-refractivity contribution >= 4 is 46.4 Å². The van der Waals surface area contributed by atoms with Gasteiger partial charge in [-0.05, 0) is 34.4 Å². The highest BCUT2D eigenvalue weighted by Crippen LogP contribution is 2.39. The molecule has 6 nitrogen and oxygen atoms in total. The number of ether oxygens (including phenoxy) is 2. The number of halogens is 3. The number of hydrogen-bond donors (Lipinski definition) is 2. The summed E-state index contributed by atoms with van der Waals surface area (Å²) < 4.78 is 11.0. The van der Waals surface area contributed by atoms with E-state index in [4.69, 9.17) is 44.3 Å². The number of carbonyl (C=O) groups is 1. The van der Waals surface area contributed by atoms with Crippen molar-refractivity contribution in [2.45, 2.75) is 48.4 Å². The molecule has 3 atom stereocenters. The van der Waals surface area contributed by atoms with Crippen molar-refractivity contribution in [3.63, 3.8) is 0 Å². The molecule has 3 unspecified atom stereocenters. The molecule has 0 aromatic heterocycles. The predicted octanol–water partition coefficient (Wildman–Crippen LogP) is 7.74. The van der Waals surface area contributed by atoms with Crippen LogP contribution in [0.15, 0.2) is 109 Å². The monoisotopic (exact) mass is 638 g/mol. The maximum atomic E-state index is 12.1. The topological polar surface area (TPSA) is 71.0 Å². The van der Waals surface area contributed by atoms with Gasteiger partial charge in [-0.15, -0.1) is 0 Å². The zero-order valence-electron chi connectivity index (χ0n) is 23.4. The zero-order chi connectivity index (χ0) is 30.2. The number of nitrogens with one attached hydrogen (secondary N) is 1. The summed E-state index contributed by atoms with van der Waals surface area (Å²) in [5.41, 5.74) is 5.59. The second kappa shape index (κ2) is 14.7. The van der Waals surface area contributed by atoms with E-state index in [0.29, 0.717) is 18.7 Å². The Hall–Kier alpha value is -2.94. The molecular formula is C34H33Cl3N2O4. The van der Waals surface area contributed by atoms with Crippen LogP contribution in [0.5, 0.6) is 0 Å². The maximum absolute atomic E-state index is 12.1. The number of hydrogen-bond acceptors (Lipinski definition) is 5. The first-order valence-electron chi connectivity index (χ1n) is 14.1. The molecule has 9 heteroatoms. The van der Waals surface area contributed by atoms with E-state index in [-0.39, 0.29) is 18.8 Å². The van der Waals surface area contributed by atoms with Gasteiger partial charge in [0.05, 0.1) is 18.8 Å². The number of nitrogens with zero attached hydrogens (tertiary/aromatic N) is 1. The number of carbonyl (C=O) groups excluding carboxylic acids is 1. The van der Waals surface area contributed by atoms with E-state index in [0.717, 1.165) is 29.8 Å². The summed E-state index contributed by atoms with van der Waals surface area (Å²) in [4.78, 5) is 14.5. The normalized spacial score (nSPS) is 18.9. The molecule has 4 aromatic rings. The Kier molecular flexibility index (Phi) is 10.8. The highest BCUT2D eigenvalue weighted by molar-refractivity contribution is 6.76. The Morgan fingerprint density at radius 2 is 1.33 bits per heavy atom. The molecule has 43 heavy (non-hydrogen) atoms. The average molecular weight is 640 g/mol. The first kappa shape index (κ1) is 31.5. The minimum Gasteiger partial charge on any atom is -0.392 e. The van der Waals surface area contributed by atoms with Crippen LogP contribution in [0.3, 0.4) is 0 Å². The van der Waals surface area contributed by atoms with Gasteiger partial charge in [-0.3, -0.25) is 9.69 Å². The van der Waals surface area contributed by atoms with E-state index in [1.54, 1.807) is 12.1 Å². The quantitative estimate of drug-likeness (QED) is 0.174. The number of rotatable bonds is 10. The van der Waals surface area contributed by atoms with Gasteiger partial charge in [-0.1, -0.05) is 132 Å². The van der Waals surface area contributed by atoms with Crippen LogP contribution >= 0.6 is 34.8 Å². The van der Waals surface area contributed by atoms with Crippen LogP contribution in [0.1, 0.15) is 46.6 Å². The van der Waals surface area contributed by atoms with Gasteiger partial charge in [0.2, 0.25) is 0 Å². The number of aliphatic hydroxyl groups is 1. The van der Waals surface area contributed by atoms with Gasteiger partial charge in [0.15, 0.2) is 6.29 Å². The van der Waals surface area contributed by atoms with E-state index in [1.807, 2.05) is 48.5 Å². The van der Waals surface area contributed by atoms with Gasteiger partial charge in [-0.25, -0.2) is 0 Å². The third-order valence-electron chi connectivity index (χ3n) is 7.27. The fourth-order valence-corrected chi connectivity index (χ4v) is 5.26. The van der Waals surface area contributed by atoms with Crippen molar-refractivity contribution in [3.8, 4) is 0 Å². The molecule has 1 fully saturated rings. The second-order valence-electron chi connectivity index (χ2n) is 10.6. The SMILES string of the molecule is O=C(Nc1ccc(C2OC(CN(Cc3ccccc3)Cc3ccccc3)CC(c3ccc(CO)cc3)O2)cc1)C(Cl)(Cl)Cl. The number of anilines is 1. The predicted molar refractivity (Wildman–Crippen MR) is 171 cm³/mol. The summed E-state index contributed by atoms with van der Waals surface area (Å²) in [5, 5.41) is 12.1. The summed E-state index contributed by atoms with van der Waals surface area (Å²) in [5.74, 6) is -0.737. The lowest BCUT2D eigenvalue weighted by molar-refractivity contribution is -0.253. The molecule has 0 radical (unpaired) electrons. The van der Waals surface area contributed by atoms with Gasteiger partial charge >= 0.3 is 0 Å². The van der Waals surface area contributed by atoms with Crippen molar-refractivity contribution in [3.05, 3.63) is 137 Å². The summed E-state index contributed by atoms with van der Waals surface area (Å²) in [6.07, 6.45) is -0.352. The second-order valence-corrected chi connectivity index (χ2v) is 12.8. The molecule has 224 valence electrons. The van der Waals surface area contributed by atoms with Crippen LogP contribution in [0.4, 0.5) is 5.69 Å². The Balaban J connectivity index is 1.38. The summed E-state index contributed by atoms with van der Waals surface area (Å²) >= 11 is 17.1. The first-order chi connectivity index (χ1) is 20.8. The van der Waals surface area contributed by atoms with Gasteiger partial charge in [0, 0.05) is 37.3 Å². The van der Waals surface area contributed by atoms with E-state index < -0.39 is 16.0 Å². The van der Waals surface area contributed by atoms with Crippen molar-refractivity contribution in [1.82, 2.24) is 4.90 Å². The molecule has 0 bridgehead atoms. The molecular weight excluding hydrogens is 607 g/mol. The standard InChI is InChI=1S/C34H33Cl3N2O4/c35-34(36,37)33(41)38-29-17-15-28(16-18-29)32-42-30(19-31(43-32)27-13-11-26(23-40)12-14-27)22-39(20-24-7-3-1-4-8-24)21-25-9-5-2-6-10-25/h1-18,30-32,40H,19-23H2,(H,38,41). The smallest absolute Gasteiger partial charge is 0.276 e. The Morgan fingerprint density at radius 3 is 1.86 bits per heavy atom. The van der Waals surface area contributed by atoms with Gasteiger partial charge in [-0.2, -0.15) is 0 Å². The first-order valence-corrected chi connectivity index (χ1v) is 15.2. The van der Waals surface area contributed by atoms with E-state index >= 15 is 0 Å². The number of amides is 1. The largest absolute Gasteiger partial charge is 0.392 e. The molecule has 0 saturated carbocycles. The fraction of sp³-hybridized carbons (Fsp3) is 0.265. The molecule has 1 amide bonds. The number of aliphatic hydroxyl groups excluding tert-OH is 1. The molecule has 1 heterocycles. The molecule has 0 aliphatic carbocycles. The van der Waals surface area contributed by atoms with Crippen molar-refractivity contribution in [2.24, 2.45) is 0 Å². The molecule has 2 N–H and O–H groups in total. The van der Waals surface area contributed by atoms with Gasteiger partial charge < -0.3 is 19.9 Å². The number of benzene rings is 4. The lowest BCUT2D eigenvalue weighted by Gasteiger charge is -2.38. The van der Waals surface area contributed by atoms with Crippen molar-refractivity contribution in [2.75, 3.05) is 11.9 Å². The lowest BCUT2D eigenvalue weighted by atomic mass is 9.99.